The molecule has 0 unspecified atom stereocenters. The van der Waals surface area contributed by atoms with Gasteiger partial charge in [0.15, 0.2) is 11.1 Å². The first kappa shape index (κ1) is 21.0. The van der Waals surface area contributed by atoms with E-state index in [0.29, 0.717) is 13.1 Å². The Morgan fingerprint density at radius 1 is 1.25 bits per heavy atom. The molecule has 0 bridgehead atoms. The standard InChI is InChI=1S/C16H22ClN5S.HI/c1-4-18-15(19-9-12-5-7-13(17)8-6-12)20-10-14-11-23-16(21-14)22(2)3;/h5-8,11H,4,9-10H2,1-3H3,(H2,18,19,20);1H. The molecular formula is C16H23ClIN5S. The summed E-state index contributed by atoms with van der Waals surface area (Å²) in [5.74, 6) is 0.779. The fraction of sp³-hybridized carbons (Fsp3) is 0.375. The Bertz CT molecular complexity index is 642. The van der Waals surface area contributed by atoms with Gasteiger partial charge < -0.3 is 15.5 Å². The molecule has 0 spiro atoms. The van der Waals surface area contributed by atoms with Gasteiger partial charge in [-0.05, 0) is 24.6 Å². The van der Waals surface area contributed by atoms with Crippen LogP contribution < -0.4 is 15.5 Å². The van der Waals surface area contributed by atoms with Crippen molar-refractivity contribution in [1.82, 2.24) is 15.6 Å². The van der Waals surface area contributed by atoms with E-state index in [4.69, 9.17) is 11.6 Å². The summed E-state index contributed by atoms with van der Waals surface area (Å²) in [5.41, 5.74) is 2.13. The maximum absolute atomic E-state index is 5.90. The molecule has 132 valence electrons. The maximum atomic E-state index is 5.90. The first-order valence-corrected chi connectivity index (χ1v) is 8.72. The molecule has 0 amide bonds. The summed E-state index contributed by atoms with van der Waals surface area (Å²) >= 11 is 7.53. The molecule has 2 N–H and O–H groups in total. The molecule has 8 heteroatoms. The lowest BCUT2D eigenvalue weighted by Gasteiger charge is -2.10. The lowest BCUT2D eigenvalue weighted by Crippen LogP contribution is -2.36. The normalized spacial score (nSPS) is 10.9. The van der Waals surface area contributed by atoms with E-state index in [2.05, 4.69) is 26.0 Å². The number of guanidine groups is 1. The van der Waals surface area contributed by atoms with Crippen LogP contribution in [0.3, 0.4) is 0 Å². The molecule has 0 saturated carbocycles. The van der Waals surface area contributed by atoms with Crippen molar-refractivity contribution in [2.24, 2.45) is 4.99 Å². The van der Waals surface area contributed by atoms with Crippen LogP contribution in [0.15, 0.2) is 34.6 Å². The maximum Gasteiger partial charge on any atom is 0.191 e. The summed E-state index contributed by atoms with van der Waals surface area (Å²) in [5, 5.41) is 10.4. The highest BCUT2D eigenvalue weighted by atomic mass is 127. The monoisotopic (exact) mass is 479 g/mol. The minimum Gasteiger partial charge on any atom is -0.357 e. The Labute approximate surface area is 169 Å². The van der Waals surface area contributed by atoms with Crippen LogP contribution in [0.1, 0.15) is 18.2 Å². The van der Waals surface area contributed by atoms with Gasteiger partial charge in [-0.25, -0.2) is 9.98 Å². The molecule has 1 heterocycles. The predicted octanol–water partition coefficient (Wildman–Crippen LogP) is 3.74. The van der Waals surface area contributed by atoms with Gasteiger partial charge in [-0.3, -0.25) is 0 Å². The van der Waals surface area contributed by atoms with E-state index in [0.717, 1.165) is 33.9 Å². The van der Waals surface area contributed by atoms with Gasteiger partial charge in [0.05, 0.1) is 18.8 Å². The highest BCUT2D eigenvalue weighted by Gasteiger charge is 2.04. The van der Waals surface area contributed by atoms with Crippen LogP contribution in [-0.4, -0.2) is 31.6 Å². The van der Waals surface area contributed by atoms with Crippen molar-refractivity contribution < 1.29 is 0 Å². The quantitative estimate of drug-likeness (QED) is 0.377. The number of hydrogen-bond donors (Lipinski definition) is 2. The number of nitrogens with zero attached hydrogens (tertiary/aromatic N) is 3. The largest absolute Gasteiger partial charge is 0.357 e. The third-order valence-corrected chi connectivity index (χ3v) is 4.35. The van der Waals surface area contributed by atoms with Crippen LogP contribution in [0.4, 0.5) is 5.13 Å². The van der Waals surface area contributed by atoms with E-state index in [1.807, 2.05) is 50.2 Å². The smallest absolute Gasteiger partial charge is 0.191 e. The third kappa shape index (κ3) is 6.82. The number of benzene rings is 1. The van der Waals surface area contributed by atoms with Gasteiger partial charge in [0.1, 0.15) is 0 Å². The molecule has 0 fully saturated rings. The lowest BCUT2D eigenvalue weighted by molar-refractivity contribution is 0.803. The number of rotatable bonds is 6. The van der Waals surface area contributed by atoms with Gasteiger partial charge in [-0.15, -0.1) is 35.3 Å². The van der Waals surface area contributed by atoms with Crippen LogP contribution in [0.2, 0.25) is 5.02 Å². The van der Waals surface area contributed by atoms with Gasteiger partial charge >= 0.3 is 0 Å². The van der Waals surface area contributed by atoms with Crippen LogP contribution in [0.5, 0.6) is 0 Å². The summed E-state index contributed by atoms with van der Waals surface area (Å²) in [7, 11) is 3.99. The van der Waals surface area contributed by atoms with E-state index in [1.54, 1.807) is 11.3 Å². The number of aromatic nitrogens is 1. The van der Waals surface area contributed by atoms with Crippen LogP contribution >= 0.6 is 46.9 Å². The SMILES string of the molecule is CCNC(=NCc1ccc(Cl)cc1)NCc1csc(N(C)C)n1.I. The fourth-order valence-corrected chi connectivity index (χ4v) is 2.74. The van der Waals surface area contributed by atoms with Crippen molar-refractivity contribution in [3.8, 4) is 0 Å². The van der Waals surface area contributed by atoms with E-state index in [1.165, 1.54) is 0 Å². The Balaban J connectivity index is 0.00000288. The number of halogens is 2. The zero-order chi connectivity index (χ0) is 16.7. The number of thiazole rings is 1. The van der Waals surface area contributed by atoms with Gasteiger partial charge in [0.2, 0.25) is 0 Å². The predicted molar refractivity (Wildman–Crippen MR) is 115 cm³/mol. The topological polar surface area (TPSA) is 52.6 Å². The first-order chi connectivity index (χ1) is 11.1. The number of anilines is 1. The van der Waals surface area contributed by atoms with E-state index >= 15 is 0 Å². The van der Waals surface area contributed by atoms with Crippen molar-refractivity contribution in [1.29, 1.82) is 0 Å². The number of hydrogen-bond acceptors (Lipinski definition) is 4. The summed E-state index contributed by atoms with van der Waals surface area (Å²) in [4.78, 5) is 11.1. The second-order valence-electron chi connectivity index (χ2n) is 5.19. The molecule has 2 rings (SSSR count). The molecule has 1 aromatic heterocycles. The molecule has 0 radical (unpaired) electrons. The fourth-order valence-electron chi connectivity index (χ4n) is 1.86. The van der Waals surface area contributed by atoms with E-state index in [-0.39, 0.29) is 24.0 Å². The first-order valence-electron chi connectivity index (χ1n) is 7.47. The third-order valence-electron chi connectivity index (χ3n) is 3.04. The van der Waals surface area contributed by atoms with Crippen molar-refractivity contribution in [2.75, 3.05) is 25.5 Å². The average Bonchev–Trinajstić information content (AvgIpc) is 3.01. The Morgan fingerprint density at radius 3 is 2.54 bits per heavy atom. The molecule has 0 atom stereocenters. The van der Waals surface area contributed by atoms with Gasteiger partial charge in [-0.1, -0.05) is 23.7 Å². The number of nitrogens with one attached hydrogen (secondary N) is 2. The minimum atomic E-state index is 0. The van der Waals surface area contributed by atoms with Crippen molar-refractivity contribution in [3.05, 3.63) is 45.9 Å². The Morgan fingerprint density at radius 2 is 1.96 bits per heavy atom. The molecule has 0 aliphatic carbocycles. The molecule has 5 nitrogen and oxygen atoms in total. The zero-order valence-electron chi connectivity index (χ0n) is 14.0. The van der Waals surface area contributed by atoms with Crippen LogP contribution in [-0.2, 0) is 13.1 Å². The van der Waals surface area contributed by atoms with Crippen molar-refractivity contribution >= 4 is 58.0 Å². The molecule has 0 aliphatic rings. The second kappa shape index (κ2) is 10.7. The molecule has 24 heavy (non-hydrogen) atoms. The van der Waals surface area contributed by atoms with E-state index in [9.17, 15) is 0 Å². The molecule has 0 saturated heterocycles. The zero-order valence-corrected chi connectivity index (χ0v) is 17.9. The van der Waals surface area contributed by atoms with E-state index < -0.39 is 0 Å². The van der Waals surface area contributed by atoms with Gasteiger partial charge in [-0.2, -0.15) is 0 Å². The Kier molecular flexibility index (Phi) is 9.38. The summed E-state index contributed by atoms with van der Waals surface area (Å²) in [6, 6.07) is 7.73. The second-order valence-corrected chi connectivity index (χ2v) is 6.46. The number of aliphatic imine (C=N–C) groups is 1. The Hall–Kier alpha value is -1.06. The highest BCUT2D eigenvalue weighted by Crippen LogP contribution is 2.17. The van der Waals surface area contributed by atoms with Crippen LogP contribution in [0, 0.1) is 0 Å². The summed E-state index contributed by atoms with van der Waals surface area (Å²) < 4.78 is 0. The van der Waals surface area contributed by atoms with Crippen LogP contribution in [0.25, 0.3) is 0 Å². The minimum absolute atomic E-state index is 0. The van der Waals surface area contributed by atoms with Gasteiger partial charge in [0, 0.05) is 31.0 Å². The lowest BCUT2D eigenvalue weighted by atomic mass is 10.2. The van der Waals surface area contributed by atoms with Crippen molar-refractivity contribution in [2.45, 2.75) is 20.0 Å². The molecule has 2 aromatic rings. The average molecular weight is 480 g/mol. The molecule has 1 aromatic carbocycles. The summed E-state index contributed by atoms with van der Waals surface area (Å²) in [6.45, 7) is 4.11. The molecular weight excluding hydrogens is 457 g/mol. The highest BCUT2D eigenvalue weighted by molar-refractivity contribution is 14.0. The summed E-state index contributed by atoms with van der Waals surface area (Å²) in [6.07, 6.45) is 0. The van der Waals surface area contributed by atoms with Gasteiger partial charge in [0.25, 0.3) is 0 Å². The van der Waals surface area contributed by atoms with Crippen molar-refractivity contribution in [3.63, 3.8) is 0 Å². The molecule has 0 aliphatic heterocycles.